The summed E-state index contributed by atoms with van der Waals surface area (Å²) < 4.78 is 0. The van der Waals surface area contributed by atoms with Gasteiger partial charge >= 0.3 is 5.97 Å². The SMILES string of the molecule is CN(C)[C@H]1CCN(C(=O)[C@H]2CCc3c(sc4ncnc(Nc5cc6c(cn5)CN=C6)c34)C2)C1.O=C(O)[C@H]1CCc2c(sc3ncnc(Nc4cc5c(cn4)CN=C5)c23)C1. The molecule has 1 saturated heterocycles. The molecule has 3 atom stereocenters. The highest BCUT2D eigenvalue weighted by molar-refractivity contribution is 7.19. The van der Waals surface area contributed by atoms with Crippen LogP contribution in [-0.4, -0.2) is 102 Å². The van der Waals surface area contributed by atoms with Crippen LogP contribution < -0.4 is 10.6 Å². The number of nitrogens with zero attached hydrogens (tertiary/aromatic N) is 10. The van der Waals surface area contributed by atoms with Crippen LogP contribution in [0.15, 0.2) is 47.2 Å². The molecule has 5 aliphatic rings. The molecule has 2 aliphatic carbocycles. The highest BCUT2D eigenvalue weighted by Gasteiger charge is 2.35. The van der Waals surface area contributed by atoms with Gasteiger partial charge in [0, 0.05) is 81.9 Å². The first-order valence-electron chi connectivity index (χ1n) is 20.0. The van der Waals surface area contributed by atoms with Crippen LogP contribution in [0.25, 0.3) is 20.4 Å². The molecule has 3 N–H and O–H groups in total. The minimum atomic E-state index is -0.721. The van der Waals surface area contributed by atoms with Gasteiger partial charge in [0.1, 0.15) is 45.6 Å². The molecule has 300 valence electrons. The van der Waals surface area contributed by atoms with Gasteiger partial charge in [-0.1, -0.05) is 0 Å². The zero-order valence-electron chi connectivity index (χ0n) is 32.7. The molecule has 0 bridgehead atoms. The highest BCUT2D eigenvalue weighted by Crippen LogP contribution is 2.42. The number of hydrogen-bond donors (Lipinski definition) is 3. The predicted molar refractivity (Wildman–Crippen MR) is 230 cm³/mol. The summed E-state index contributed by atoms with van der Waals surface area (Å²) in [6.45, 7) is 3.10. The molecule has 15 nitrogen and oxygen atoms in total. The Kier molecular flexibility index (Phi) is 9.81. The number of aliphatic carboxylic acids is 1. The lowest BCUT2D eigenvalue weighted by atomic mass is 9.87. The lowest BCUT2D eigenvalue weighted by Gasteiger charge is -2.27. The fraction of sp³-hybridized carbons (Fsp3) is 0.381. The standard InChI is InChI=1S/C24H27N7OS.C18H15N5O2S/c1-30(2)17-5-6-31(12-17)24(32)14-3-4-18-19(7-14)33-23-21(18)22(27-13-28-23)29-20-8-15-9-25-10-16(15)11-26-20;24-18(25)9-1-2-12-13(3-9)26-17-15(12)16(21-8-22-17)23-14-4-10-5-19-6-11(10)7-20-14/h8-9,11,13-14,17H,3-7,10,12H2,1-2H3,(H,26,27,28,29);4-5,7-9H,1-3,6H2,(H,24,25)(H,20,21,22,23)/t14-,17-;9-/m00/s1. The number of fused-ring (bicyclic) bond motifs is 8. The summed E-state index contributed by atoms with van der Waals surface area (Å²) in [6, 6.07) is 4.46. The highest BCUT2D eigenvalue weighted by atomic mass is 32.1. The minimum absolute atomic E-state index is 0.0634. The lowest BCUT2D eigenvalue weighted by molar-refractivity contribution is -0.142. The number of hydrogen-bond acceptors (Lipinski definition) is 15. The van der Waals surface area contributed by atoms with E-state index in [0.29, 0.717) is 37.9 Å². The van der Waals surface area contributed by atoms with Gasteiger partial charge in [-0.15, -0.1) is 22.7 Å². The number of rotatable bonds is 7. The Morgan fingerprint density at radius 3 is 1.81 bits per heavy atom. The molecule has 6 aromatic heterocycles. The van der Waals surface area contributed by atoms with Crippen LogP contribution in [0.1, 0.15) is 62.4 Å². The van der Waals surface area contributed by atoms with Crippen LogP contribution in [0.5, 0.6) is 0 Å². The molecule has 0 radical (unpaired) electrons. The average Bonchev–Trinajstić information content (AvgIpc) is 4.09. The quantitative estimate of drug-likeness (QED) is 0.171. The second-order valence-corrected chi connectivity index (χ2v) is 18.1. The van der Waals surface area contributed by atoms with Crippen molar-refractivity contribution in [2.75, 3.05) is 37.8 Å². The molecule has 59 heavy (non-hydrogen) atoms. The lowest BCUT2D eigenvalue weighted by Crippen LogP contribution is -2.39. The van der Waals surface area contributed by atoms with Gasteiger partial charge in [0.15, 0.2) is 0 Å². The Labute approximate surface area is 347 Å². The Hall–Kier alpha value is -5.78. The second kappa shape index (κ2) is 15.4. The number of nitrogens with one attached hydrogen (secondary N) is 2. The smallest absolute Gasteiger partial charge is 0.306 e. The van der Waals surface area contributed by atoms with Gasteiger partial charge in [0.05, 0.1) is 29.8 Å². The summed E-state index contributed by atoms with van der Waals surface area (Å²) in [4.78, 5) is 68.6. The summed E-state index contributed by atoms with van der Waals surface area (Å²) in [6.07, 6.45) is 16.2. The van der Waals surface area contributed by atoms with Gasteiger partial charge in [-0.3, -0.25) is 19.6 Å². The maximum Gasteiger partial charge on any atom is 0.306 e. The van der Waals surface area contributed by atoms with Crippen LogP contribution in [0.4, 0.5) is 23.3 Å². The van der Waals surface area contributed by atoms with Crippen molar-refractivity contribution in [3.05, 3.63) is 80.3 Å². The van der Waals surface area contributed by atoms with Crippen molar-refractivity contribution < 1.29 is 14.7 Å². The normalized spacial score (nSPS) is 20.0. The number of amides is 1. The average molecular weight is 827 g/mol. The molecule has 0 unspecified atom stereocenters. The van der Waals surface area contributed by atoms with Gasteiger partial charge in [-0.05, 0) is 82.3 Å². The number of carbonyl (C=O) groups excluding carboxylic acids is 1. The van der Waals surface area contributed by atoms with Crippen LogP contribution in [0.3, 0.4) is 0 Å². The molecule has 0 saturated carbocycles. The minimum Gasteiger partial charge on any atom is -0.481 e. The van der Waals surface area contributed by atoms with Crippen molar-refractivity contribution in [1.29, 1.82) is 0 Å². The summed E-state index contributed by atoms with van der Waals surface area (Å²) in [7, 11) is 4.20. The first-order chi connectivity index (χ1) is 28.8. The number of aryl methyl sites for hydroxylation is 2. The fourth-order valence-electron chi connectivity index (χ4n) is 8.82. The van der Waals surface area contributed by atoms with E-state index in [9.17, 15) is 14.7 Å². The number of pyridine rings is 2. The number of aromatic nitrogens is 6. The summed E-state index contributed by atoms with van der Waals surface area (Å²) in [5, 5.41) is 18.1. The molecule has 9 heterocycles. The Morgan fingerprint density at radius 1 is 0.746 bits per heavy atom. The van der Waals surface area contributed by atoms with Crippen LogP contribution in [0.2, 0.25) is 0 Å². The molecule has 17 heteroatoms. The van der Waals surface area contributed by atoms with Gasteiger partial charge in [-0.2, -0.15) is 0 Å². The first-order valence-corrected chi connectivity index (χ1v) is 21.6. The molecule has 1 amide bonds. The first kappa shape index (κ1) is 37.5. The van der Waals surface area contributed by atoms with Gasteiger partial charge in [-0.25, -0.2) is 29.9 Å². The second-order valence-electron chi connectivity index (χ2n) is 15.9. The van der Waals surface area contributed by atoms with Crippen LogP contribution in [-0.2, 0) is 48.4 Å². The van der Waals surface area contributed by atoms with E-state index in [1.54, 1.807) is 29.0 Å². The Morgan fingerprint density at radius 2 is 1.29 bits per heavy atom. The fourth-order valence-corrected chi connectivity index (χ4v) is 11.4. The number of thiophene rings is 2. The number of carbonyl (C=O) groups is 2. The van der Waals surface area contributed by atoms with E-state index in [1.165, 1.54) is 22.3 Å². The van der Waals surface area contributed by atoms with E-state index >= 15 is 0 Å². The molecule has 11 rings (SSSR count). The van der Waals surface area contributed by atoms with Gasteiger partial charge in [0.25, 0.3) is 0 Å². The van der Waals surface area contributed by atoms with Crippen molar-refractivity contribution in [2.24, 2.45) is 21.8 Å². The molecule has 0 aromatic carbocycles. The number of carboxylic acid groups (broad SMARTS) is 1. The summed E-state index contributed by atoms with van der Waals surface area (Å²) in [5.41, 5.74) is 6.91. The maximum atomic E-state index is 13.2. The van der Waals surface area contributed by atoms with E-state index in [4.69, 9.17) is 0 Å². The third kappa shape index (κ3) is 7.20. The molecule has 1 fully saturated rings. The summed E-state index contributed by atoms with van der Waals surface area (Å²) >= 11 is 3.27. The Bertz CT molecular complexity index is 2710. The predicted octanol–water partition coefficient (Wildman–Crippen LogP) is 5.98. The molecular formula is C42H42N12O3S2. The van der Waals surface area contributed by atoms with E-state index in [2.05, 4.69) is 74.4 Å². The largest absolute Gasteiger partial charge is 0.481 e. The van der Waals surface area contributed by atoms with Crippen molar-refractivity contribution in [1.82, 2.24) is 39.7 Å². The topological polar surface area (TPSA) is 187 Å². The van der Waals surface area contributed by atoms with Crippen LogP contribution >= 0.6 is 22.7 Å². The molecule has 0 spiro atoms. The summed E-state index contributed by atoms with van der Waals surface area (Å²) in [5.74, 6) is 2.34. The van der Waals surface area contributed by atoms with E-state index in [1.807, 2.05) is 37.0 Å². The van der Waals surface area contributed by atoms with Crippen molar-refractivity contribution in [3.8, 4) is 0 Å². The molecular weight excluding hydrogens is 785 g/mol. The van der Waals surface area contributed by atoms with Gasteiger partial charge < -0.3 is 25.5 Å². The third-order valence-electron chi connectivity index (χ3n) is 12.1. The van der Waals surface area contributed by atoms with E-state index < -0.39 is 5.97 Å². The number of carboxylic acids is 1. The third-order valence-corrected chi connectivity index (χ3v) is 14.4. The maximum absolute atomic E-state index is 13.2. The number of likely N-dealkylation sites (tertiary alicyclic amines) is 1. The van der Waals surface area contributed by atoms with E-state index in [-0.39, 0.29) is 11.8 Å². The zero-order valence-corrected chi connectivity index (χ0v) is 34.3. The van der Waals surface area contributed by atoms with Crippen LogP contribution in [0, 0.1) is 11.8 Å². The molecule has 6 aromatic rings. The van der Waals surface area contributed by atoms with E-state index in [0.717, 1.165) is 116 Å². The number of anilines is 4. The zero-order chi connectivity index (χ0) is 40.2. The monoisotopic (exact) mass is 826 g/mol. The molecule has 3 aliphatic heterocycles. The van der Waals surface area contributed by atoms with Crippen molar-refractivity contribution >= 4 is 90.7 Å². The number of aliphatic imine (C=N–C) groups is 2. The van der Waals surface area contributed by atoms with Crippen molar-refractivity contribution in [3.63, 3.8) is 0 Å². The van der Waals surface area contributed by atoms with Crippen molar-refractivity contribution in [2.45, 2.75) is 64.1 Å². The Balaban J connectivity index is 0.000000147. The number of likely N-dealkylation sites (N-methyl/N-ethyl adjacent to an activating group) is 1. The van der Waals surface area contributed by atoms with Gasteiger partial charge in [0.2, 0.25) is 5.91 Å².